The van der Waals surface area contributed by atoms with Crippen molar-refractivity contribution >= 4 is 89.1 Å². The average Bonchev–Trinajstić information content (AvgIpc) is 3.41. The summed E-state index contributed by atoms with van der Waals surface area (Å²) in [6.45, 7) is 0.787. The molecule has 0 spiro atoms. The second-order valence-electron chi connectivity index (χ2n) is 6.98. The zero-order valence-corrected chi connectivity index (χ0v) is 23.7. The minimum Gasteiger partial charge on any atom is -0.352 e. The fraction of sp³-hybridized carbons (Fsp3) is 0.667. The SMILES string of the molecule is CSC1=C(SC)SC(=C2SC=C(C(=O)NCCCCCCCCCCCCS)S2)S1. The molecule has 0 bridgehead atoms. The van der Waals surface area contributed by atoms with Gasteiger partial charge in [-0.1, -0.05) is 98.4 Å². The average molecular weight is 540 g/mol. The number of hydrogen-bond donors (Lipinski definition) is 2. The number of thiol groups is 1. The fourth-order valence-electron chi connectivity index (χ4n) is 2.99. The van der Waals surface area contributed by atoms with Gasteiger partial charge in [-0.15, -0.1) is 23.5 Å². The molecule has 0 atom stereocenters. The van der Waals surface area contributed by atoms with Gasteiger partial charge in [0.05, 0.1) is 21.9 Å². The quantitative estimate of drug-likeness (QED) is 0.159. The van der Waals surface area contributed by atoms with Crippen molar-refractivity contribution in [2.45, 2.75) is 64.2 Å². The van der Waals surface area contributed by atoms with Gasteiger partial charge in [-0.2, -0.15) is 12.6 Å². The Labute approximate surface area is 214 Å². The summed E-state index contributed by atoms with van der Waals surface area (Å²) >= 11 is 14.9. The van der Waals surface area contributed by atoms with E-state index >= 15 is 0 Å². The van der Waals surface area contributed by atoms with Crippen molar-refractivity contribution in [1.29, 1.82) is 0 Å². The van der Waals surface area contributed by atoms with E-state index in [1.165, 1.54) is 74.7 Å². The van der Waals surface area contributed by atoms with E-state index in [9.17, 15) is 4.79 Å². The van der Waals surface area contributed by atoms with Crippen molar-refractivity contribution in [3.05, 3.63) is 27.3 Å². The normalized spacial score (nSPS) is 16.6. The van der Waals surface area contributed by atoms with Gasteiger partial charge >= 0.3 is 0 Å². The topological polar surface area (TPSA) is 29.1 Å². The van der Waals surface area contributed by atoms with Crippen molar-refractivity contribution in [3.8, 4) is 0 Å². The van der Waals surface area contributed by atoms with Crippen LogP contribution in [0.2, 0.25) is 0 Å². The molecule has 2 aliphatic heterocycles. The molecule has 2 aliphatic rings. The number of nitrogens with one attached hydrogen (secondary N) is 1. The van der Waals surface area contributed by atoms with Crippen molar-refractivity contribution in [2.75, 3.05) is 24.8 Å². The molecule has 30 heavy (non-hydrogen) atoms. The van der Waals surface area contributed by atoms with Crippen LogP contribution in [-0.2, 0) is 4.79 Å². The van der Waals surface area contributed by atoms with Gasteiger partial charge in [-0.25, -0.2) is 0 Å². The van der Waals surface area contributed by atoms with Crippen molar-refractivity contribution < 1.29 is 4.79 Å². The summed E-state index contributed by atoms with van der Waals surface area (Å²) in [5.41, 5.74) is 0. The summed E-state index contributed by atoms with van der Waals surface area (Å²) in [4.78, 5) is 13.3. The van der Waals surface area contributed by atoms with Crippen LogP contribution >= 0.6 is 83.2 Å². The highest BCUT2D eigenvalue weighted by Gasteiger charge is 2.28. The molecular formula is C21H33NOS7. The summed E-state index contributed by atoms with van der Waals surface area (Å²) in [6, 6.07) is 0. The molecule has 2 rings (SSSR count). The third-order valence-corrected chi connectivity index (χ3v) is 13.1. The minimum absolute atomic E-state index is 0.0837. The zero-order valence-electron chi connectivity index (χ0n) is 17.9. The van der Waals surface area contributed by atoms with Gasteiger partial charge in [-0.05, 0) is 36.5 Å². The highest BCUT2D eigenvalue weighted by atomic mass is 32.3. The first-order valence-electron chi connectivity index (χ1n) is 10.6. The number of hydrogen-bond acceptors (Lipinski definition) is 8. The van der Waals surface area contributed by atoms with Crippen LogP contribution in [-0.4, -0.2) is 30.7 Å². The second-order valence-corrected chi connectivity index (χ2v) is 14.1. The lowest BCUT2D eigenvalue weighted by Gasteiger charge is -2.06. The Bertz CT molecular complexity index is 627. The molecule has 1 N–H and O–H groups in total. The maximum absolute atomic E-state index is 12.5. The molecule has 0 unspecified atom stereocenters. The summed E-state index contributed by atoms with van der Waals surface area (Å²) in [5.74, 6) is 1.11. The van der Waals surface area contributed by atoms with Crippen LogP contribution in [0.3, 0.4) is 0 Å². The minimum atomic E-state index is 0.0837. The van der Waals surface area contributed by atoms with Crippen molar-refractivity contribution in [1.82, 2.24) is 5.32 Å². The Kier molecular flexibility index (Phi) is 15.3. The molecular weight excluding hydrogens is 507 g/mol. The van der Waals surface area contributed by atoms with E-state index in [2.05, 4.69) is 30.5 Å². The molecule has 0 aliphatic carbocycles. The van der Waals surface area contributed by atoms with Gasteiger partial charge in [0.2, 0.25) is 0 Å². The largest absolute Gasteiger partial charge is 0.352 e. The van der Waals surface area contributed by atoms with Crippen LogP contribution < -0.4 is 5.32 Å². The number of carbonyl (C=O) groups is 1. The summed E-state index contributed by atoms with van der Waals surface area (Å²) < 4.78 is 5.32. The fourth-order valence-corrected chi connectivity index (χ4v) is 10.7. The first-order chi connectivity index (χ1) is 14.7. The number of unbranched alkanes of at least 4 members (excludes halogenated alkanes) is 9. The van der Waals surface area contributed by atoms with Gasteiger partial charge < -0.3 is 5.32 Å². The van der Waals surface area contributed by atoms with Crippen LogP contribution in [0.15, 0.2) is 27.3 Å². The van der Waals surface area contributed by atoms with Crippen LogP contribution in [0.5, 0.6) is 0 Å². The zero-order chi connectivity index (χ0) is 21.6. The number of thioether (sulfide) groups is 6. The lowest BCUT2D eigenvalue weighted by Crippen LogP contribution is -2.24. The van der Waals surface area contributed by atoms with Gasteiger partial charge in [0.15, 0.2) is 0 Å². The molecule has 2 nitrogen and oxygen atoms in total. The molecule has 9 heteroatoms. The number of carbonyl (C=O) groups excluding carboxylic acids is 1. The molecule has 0 radical (unpaired) electrons. The predicted molar refractivity (Wildman–Crippen MR) is 153 cm³/mol. The van der Waals surface area contributed by atoms with E-state index in [1.807, 2.05) is 52.5 Å². The molecule has 1 amide bonds. The molecule has 0 fully saturated rings. The summed E-state index contributed by atoms with van der Waals surface area (Å²) in [7, 11) is 0. The van der Waals surface area contributed by atoms with E-state index in [1.54, 1.807) is 23.5 Å². The first kappa shape index (κ1) is 27.4. The number of rotatable bonds is 15. The Hall–Kier alpha value is 1.14. The highest BCUT2D eigenvalue weighted by molar-refractivity contribution is 8.42. The summed E-state index contributed by atoms with van der Waals surface area (Å²) in [6.07, 6.45) is 17.2. The molecule has 2 heterocycles. The van der Waals surface area contributed by atoms with Crippen molar-refractivity contribution in [2.24, 2.45) is 0 Å². The van der Waals surface area contributed by atoms with Crippen LogP contribution in [0.25, 0.3) is 0 Å². The lowest BCUT2D eigenvalue weighted by atomic mass is 10.1. The second kappa shape index (κ2) is 16.7. The lowest BCUT2D eigenvalue weighted by molar-refractivity contribution is -0.116. The third-order valence-electron chi connectivity index (χ3n) is 4.64. The van der Waals surface area contributed by atoms with Gasteiger partial charge in [0, 0.05) is 6.54 Å². The molecule has 0 saturated heterocycles. The van der Waals surface area contributed by atoms with E-state index < -0.39 is 0 Å². The maximum atomic E-state index is 12.5. The van der Waals surface area contributed by atoms with Crippen LogP contribution in [0.1, 0.15) is 64.2 Å². The van der Waals surface area contributed by atoms with Crippen molar-refractivity contribution in [3.63, 3.8) is 0 Å². The van der Waals surface area contributed by atoms with Crippen LogP contribution in [0, 0.1) is 0 Å². The Morgan fingerprint density at radius 3 is 1.90 bits per heavy atom. The van der Waals surface area contributed by atoms with Gasteiger partial charge in [-0.3, -0.25) is 4.79 Å². The monoisotopic (exact) mass is 539 g/mol. The smallest absolute Gasteiger partial charge is 0.258 e. The van der Waals surface area contributed by atoms with E-state index in [0.29, 0.717) is 0 Å². The van der Waals surface area contributed by atoms with Crippen LogP contribution in [0.4, 0.5) is 0 Å². The van der Waals surface area contributed by atoms with Gasteiger partial charge in [0.1, 0.15) is 0 Å². The maximum Gasteiger partial charge on any atom is 0.258 e. The van der Waals surface area contributed by atoms with E-state index in [-0.39, 0.29) is 5.91 Å². The molecule has 0 aromatic rings. The summed E-state index contributed by atoms with van der Waals surface area (Å²) in [5, 5.41) is 5.11. The molecule has 170 valence electrons. The molecule has 0 aromatic carbocycles. The Morgan fingerprint density at radius 1 is 0.833 bits per heavy atom. The highest BCUT2D eigenvalue weighted by Crippen LogP contribution is 2.61. The molecule has 0 aromatic heterocycles. The third kappa shape index (κ3) is 9.96. The molecule has 0 saturated carbocycles. The first-order valence-corrected chi connectivity index (χ1v) is 17.0. The standard InChI is InChI=1S/C21H33NOS7/c1-25-18-19(26-2)30-21(29-18)20-27-15-16(28-20)17(23)22-13-11-9-7-5-3-4-6-8-10-12-14-24/h15,24H,3-14H2,1-2H3,(H,22,23). The Morgan fingerprint density at radius 2 is 1.37 bits per heavy atom. The van der Waals surface area contributed by atoms with E-state index in [4.69, 9.17) is 0 Å². The van der Waals surface area contributed by atoms with E-state index in [0.717, 1.165) is 23.6 Å². The number of amides is 1. The predicted octanol–water partition coefficient (Wildman–Crippen LogP) is 8.71. The Balaban J connectivity index is 1.52. The van der Waals surface area contributed by atoms with Gasteiger partial charge in [0.25, 0.3) is 5.91 Å².